The standard InChI is InChI=1S/C20H31N5OS/c1-14-15(2)27-20-18(14)19(21-17(22-20)13-24-7-5-6-8-24)25-9-10-26-16(12-25)11-23(3)4/h16H,5-13H2,1-4H3. The van der Waals surface area contributed by atoms with Crippen LogP contribution < -0.4 is 4.90 Å². The SMILES string of the molecule is Cc1sc2nc(CN3CCCC3)nc(N3CCOC(CN(C)C)C3)c2c1C. The van der Waals surface area contributed by atoms with Gasteiger partial charge in [-0.2, -0.15) is 0 Å². The van der Waals surface area contributed by atoms with E-state index in [-0.39, 0.29) is 6.10 Å². The van der Waals surface area contributed by atoms with E-state index in [0.29, 0.717) is 0 Å². The Hall–Kier alpha value is -1.28. The second-order valence-electron chi connectivity index (χ2n) is 8.11. The summed E-state index contributed by atoms with van der Waals surface area (Å²) in [6.45, 7) is 11.1. The van der Waals surface area contributed by atoms with Crippen LogP contribution in [0.1, 0.15) is 29.1 Å². The van der Waals surface area contributed by atoms with Crippen molar-refractivity contribution in [3.8, 4) is 0 Å². The second-order valence-corrected chi connectivity index (χ2v) is 9.31. The zero-order valence-corrected chi connectivity index (χ0v) is 17.8. The summed E-state index contributed by atoms with van der Waals surface area (Å²) in [5.41, 5.74) is 1.33. The largest absolute Gasteiger partial charge is 0.373 e. The fourth-order valence-corrected chi connectivity index (χ4v) is 5.18. The Bertz CT molecular complexity index is 799. The summed E-state index contributed by atoms with van der Waals surface area (Å²) < 4.78 is 5.99. The first kappa shape index (κ1) is 19.1. The van der Waals surface area contributed by atoms with Gasteiger partial charge >= 0.3 is 0 Å². The summed E-state index contributed by atoms with van der Waals surface area (Å²) in [5.74, 6) is 2.08. The third-order valence-corrected chi connectivity index (χ3v) is 6.73. The maximum Gasteiger partial charge on any atom is 0.146 e. The van der Waals surface area contributed by atoms with E-state index in [4.69, 9.17) is 14.7 Å². The minimum Gasteiger partial charge on any atom is -0.373 e. The summed E-state index contributed by atoms with van der Waals surface area (Å²) in [6, 6.07) is 0. The van der Waals surface area contributed by atoms with Crippen LogP contribution in [-0.2, 0) is 11.3 Å². The lowest BCUT2D eigenvalue weighted by atomic mass is 10.1. The van der Waals surface area contributed by atoms with Crippen molar-refractivity contribution in [3.63, 3.8) is 0 Å². The van der Waals surface area contributed by atoms with Crippen molar-refractivity contribution < 1.29 is 4.74 Å². The number of morpholine rings is 1. The molecule has 0 amide bonds. The molecule has 148 valence electrons. The van der Waals surface area contributed by atoms with E-state index in [2.05, 4.69) is 42.6 Å². The van der Waals surface area contributed by atoms with Crippen LogP contribution in [0.3, 0.4) is 0 Å². The number of likely N-dealkylation sites (tertiary alicyclic amines) is 1. The Morgan fingerprint density at radius 3 is 2.67 bits per heavy atom. The minimum atomic E-state index is 0.223. The number of anilines is 1. The molecule has 0 spiro atoms. The molecule has 7 heteroatoms. The highest BCUT2D eigenvalue weighted by Gasteiger charge is 2.26. The van der Waals surface area contributed by atoms with Crippen molar-refractivity contribution in [2.75, 3.05) is 58.3 Å². The van der Waals surface area contributed by atoms with Crippen LogP contribution in [0.25, 0.3) is 10.2 Å². The predicted molar refractivity (Wildman–Crippen MR) is 112 cm³/mol. The van der Waals surface area contributed by atoms with Crippen molar-refractivity contribution in [1.82, 2.24) is 19.8 Å². The predicted octanol–water partition coefficient (Wildman–Crippen LogP) is 2.67. The molecule has 27 heavy (non-hydrogen) atoms. The number of hydrogen-bond acceptors (Lipinski definition) is 7. The fourth-order valence-electron chi connectivity index (χ4n) is 4.14. The molecule has 0 saturated carbocycles. The van der Waals surface area contributed by atoms with Crippen LogP contribution in [-0.4, -0.2) is 79.3 Å². The third kappa shape index (κ3) is 4.11. The minimum absolute atomic E-state index is 0.223. The van der Waals surface area contributed by atoms with E-state index < -0.39 is 0 Å². The molecule has 2 fully saturated rings. The molecule has 4 rings (SSSR count). The summed E-state index contributed by atoms with van der Waals surface area (Å²) in [5, 5.41) is 1.24. The molecule has 2 aromatic rings. The van der Waals surface area contributed by atoms with Crippen molar-refractivity contribution in [3.05, 3.63) is 16.3 Å². The summed E-state index contributed by atoms with van der Waals surface area (Å²) in [7, 11) is 4.21. The number of aryl methyl sites for hydroxylation is 2. The normalized spacial score (nSPS) is 21.7. The second kappa shape index (κ2) is 7.99. The van der Waals surface area contributed by atoms with Gasteiger partial charge in [-0.15, -0.1) is 11.3 Å². The van der Waals surface area contributed by atoms with Crippen LogP contribution in [0.5, 0.6) is 0 Å². The van der Waals surface area contributed by atoms with Crippen LogP contribution in [0.4, 0.5) is 5.82 Å². The lowest BCUT2D eigenvalue weighted by Crippen LogP contribution is -2.47. The quantitative estimate of drug-likeness (QED) is 0.783. The topological polar surface area (TPSA) is 44.7 Å². The highest BCUT2D eigenvalue weighted by molar-refractivity contribution is 7.18. The fraction of sp³-hybridized carbons (Fsp3) is 0.700. The van der Waals surface area contributed by atoms with E-state index in [1.807, 2.05) is 0 Å². The molecule has 0 aliphatic carbocycles. The lowest BCUT2D eigenvalue weighted by molar-refractivity contribution is 0.0246. The first-order valence-electron chi connectivity index (χ1n) is 10.0. The van der Waals surface area contributed by atoms with Gasteiger partial charge in [0.2, 0.25) is 0 Å². The van der Waals surface area contributed by atoms with E-state index in [1.54, 1.807) is 11.3 Å². The Labute approximate surface area is 166 Å². The number of ether oxygens (including phenoxy) is 1. The summed E-state index contributed by atoms with van der Waals surface area (Å²) in [6.07, 6.45) is 2.81. The van der Waals surface area contributed by atoms with Crippen LogP contribution in [0.2, 0.25) is 0 Å². The Morgan fingerprint density at radius 1 is 1.15 bits per heavy atom. The number of hydrogen-bond donors (Lipinski definition) is 0. The average molecular weight is 390 g/mol. The average Bonchev–Trinajstić information content (AvgIpc) is 3.22. The molecule has 2 aliphatic heterocycles. The lowest BCUT2D eigenvalue weighted by Gasteiger charge is -2.35. The van der Waals surface area contributed by atoms with Gasteiger partial charge in [-0.25, -0.2) is 9.97 Å². The Morgan fingerprint density at radius 2 is 1.93 bits per heavy atom. The van der Waals surface area contributed by atoms with E-state index >= 15 is 0 Å². The van der Waals surface area contributed by atoms with Crippen molar-refractivity contribution in [2.24, 2.45) is 0 Å². The molecule has 0 aromatic carbocycles. The smallest absolute Gasteiger partial charge is 0.146 e. The number of fused-ring (bicyclic) bond motifs is 1. The van der Waals surface area contributed by atoms with Gasteiger partial charge in [0.15, 0.2) is 0 Å². The van der Waals surface area contributed by atoms with E-state index in [1.165, 1.54) is 41.8 Å². The van der Waals surface area contributed by atoms with Gasteiger partial charge in [0, 0.05) is 24.5 Å². The summed E-state index contributed by atoms with van der Waals surface area (Å²) in [4.78, 5) is 19.6. The van der Waals surface area contributed by atoms with Gasteiger partial charge in [0.05, 0.1) is 24.6 Å². The van der Waals surface area contributed by atoms with Gasteiger partial charge in [-0.05, 0) is 59.4 Å². The summed E-state index contributed by atoms with van der Waals surface area (Å²) >= 11 is 1.80. The van der Waals surface area contributed by atoms with Crippen LogP contribution in [0.15, 0.2) is 0 Å². The molecule has 1 unspecified atom stereocenters. The van der Waals surface area contributed by atoms with Gasteiger partial charge in [0.25, 0.3) is 0 Å². The molecular weight excluding hydrogens is 358 g/mol. The highest BCUT2D eigenvalue weighted by atomic mass is 32.1. The van der Waals surface area contributed by atoms with Crippen molar-refractivity contribution in [2.45, 2.75) is 39.3 Å². The highest BCUT2D eigenvalue weighted by Crippen LogP contribution is 2.35. The van der Waals surface area contributed by atoms with Crippen molar-refractivity contribution >= 4 is 27.4 Å². The van der Waals surface area contributed by atoms with Gasteiger partial charge in [-0.3, -0.25) is 4.90 Å². The molecule has 2 saturated heterocycles. The Kier molecular flexibility index (Phi) is 5.64. The molecule has 0 N–H and O–H groups in total. The molecule has 2 aromatic heterocycles. The first-order chi connectivity index (χ1) is 13.0. The van der Waals surface area contributed by atoms with Gasteiger partial charge < -0.3 is 14.5 Å². The maximum atomic E-state index is 5.99. The monoisotopic (exact) mass is 389 g/mol. The first-order valence-corrected chi connectivity index (χ1v) is 10.8. The molecule has 0 radical (unpaired) electrons. The number of likely N-dealkylation sites (N-methyl/N-ethyl adjacent to an activating group) is 1. The number of nitrogens with zero attached hydrogens (tertiary/aromatic N) is 5. The number of rotatable bonds is 5. The molecule has 1 atom stereocenters. The van der Waals surface area contributed by atoms with Gasteiger partial charge in [-0.1, -0.05) is 0 Å². The van der Waals surface area contributed by atoms with Crippen LogP contribution >= 0.6 is 11.3 Å². The van der Waals surface area contributed by atoms with Gasteiger partial charge in [0.1, 0.15) is 16.5 Å². The van der Waals surface area contributed by atoms with E-state index in [0.717, 1.165) is 49.3 Å². The molecule has 6 nitrogen and oxygen atoms in total. The molecule has 2 aliphatic rings. The van der Waals surface area contributed by atoms with Crippen molar-refractivity contribution in [1.29, 1.82) is 0 Å². The van der Waals surface area contributed by atoms with Crippen LogP contribution in [0, 0.1) is 13.8 Å². The molecule has 0 bridgehead atoms. The molecular formula is C20H31N5OS. The molecule has 4 heterocycles. The number of aromatic nitrogens is 2. The Balaban J connectivity index is 1.68. The van der Waals surface area contributed by atoms with E-state index in [9.17, 15) is 0 Å². The zero-order valence-electron chi connectivity index (χ0n) is 17.0. The number of thiophene rings is 1. The third-order valence-electron chi connectivity index (χ3n) is 5.63. The maximum absolute atomic E-state index is 5.99. The zero-order chi connectivity index (χ0) is 19.0.